The number of anilines is 1. The summed E-state index contributed by atoms with van der Waals surface area (Å²) in [4.78, 5) is 28.2. The van der Waals surface area contributed by atoms with Crippen LogP contribution in [-0.4, -0.2) is 17.6 Å². The molecule has 4 aromatic rings. The Bertz CT molecular complexity index is 1530. The Hall–Kier alpha value is -4.27. The lowest BCUT2D eigenvalue weighted by Gasteiger charge is -2.26. The van der Waals surface area contributed by atoms with Crippen LogP contribution in [0.2, 0.25) is 0 Å². The predicted octanol–water partition coefficient (Wildman–Crippen LogP) is 5.67. The Morgan fingerprint density at radius 2 is 1.80 bits per heavy atom. The van der Waals surface area contributed by atoms with Crippen molar-refractivity contribution in [1.82, 2.24) is 0 Å². The van der Waals surface area contributed by atoms with Gasteiger partial charge in [-0.05, 0) is 55.0 Å². The fourth-order valence-corrected chi connectivity index (χ4v) is 4.31. The number of rotatable bonds is 4. The topological polar surface area (TPSA) is 80.0 Å². The fraction of sp³-hybridized carbons (Fsp3) is 0.154. The second kappa shape index (κ2) is 8.19. The van der Waals surface area contributed by atoms with Gasteiger partial charge in [-0.15, -0.1) is 0 Å². The molecule has 5 rings (SSSR count). The molecule has 35 heavy (non-hydrogen) atoms. The number of phenols is 1. The third kappa shape index (κ3) is 3.69. The van der Waals surface area contributed by atoms with E-state index in [9.17, 15) is 27.9 Å². The Morgan fingerprint density at radius 1 is 1.03 bits per heavy atom. The minimum Gasteiger partial charge on any atom is -0.504 e. The van der Waals surface area contributed by atoms with Gasteiger partial charge in [0.05, 0.1) is 29.2 Å². The van der Waals surface area contributed by atoms with E-state index in [4.69, 9.17) is 9.15 Å². The maximum Gasteiger partial charge on any atom is 0.416 e. The highest BCUT2D eigenvalue weighted by Gasteiger charge is 2.44. The van der Waals surface area contributed by atoms with E-state index in [0.29, 0.717) is 5.56 Å². The third-order valence-corrected chi connectivity index (χ3v) is 5.83. The zero-order valence-electron chi connectivity index (χ0n) is 18.3. The minimum atomic E-state index is -4.63. The number of benzene rings is 3. The first kappa shape index (κ1) is 22.5. The number of alkyl halides is 3. The van der Waals surface area contributed by atoms with Gasteiger partial charge in [-0.25, -0.2) is 0 Å². The van der Waals surface area contributed by atoms with Crippen LogP contribution in [0.1, 0.15) is 40.2 Å². The van der Waals surface area contributed by atoms with Crippen molar-refractivity contribution in [3.63, 3.8) is 0 Å². The lowest BCUT2D eigenvalue weighted by Crippen LogP contribution is -2.29. The molecule has 0 fully saturated rings. The second-order valence-electron chi connectivity index (χ2n) is 7.96. The van der Waals surface area contributed by atoms with Gasteiger partial charge in [-0.1, -0.05) is 24.3 Å². The molecule has 0 spiro atoms. The number of amides is 1. The Balaban J connectivity index is 1.79. The van der Waals surface area contributed by atoms with Crippen LogP contribution < -0.4 is 15.1 Å². The van der Waals surface area contributed by atoms with Gasteiger partial charge in [0.2, 0.25) is 5.76 Å². The molecular weight excluding hydrogens is 463 g/mol. The summed E-state index contributed by atoms with van der Waals surface area (Å²) in [7, 11) is 0. The molecule has 9 heteroatoms. The molecule has 1 amide bonds. The number of halogens is 3. The predicted molar refractivity (Wildman–Crippen MR) is 122 cm³/mol. The van der Waals surface area contributed by atoms with E-state index < -0.39 is 29.1 Å². The average molecular weight is 481 g/mol. The lowest BCUT2D eigenvalue weighted by atomic mass is 9.97. The van der Waals surface area contributed by atoms with Gasteiger partial charge in [0, 0.05) is 5.69 Å². The normalized spacial score (nSPS) is 15.5. The van der Waals surface area contributed by atoms with Gasteiger partial charge in [0.15, 0.2) is 16.9 Å². The Kier molecular flexibility index (Phi) is 5.27. The summed E-state index contributed by atoms with van der Waals surface area (Å²) in [5.74, 6) is -1.04. The van der Waals surface area contributed by atoms with Crippen molar-refractivity contribution in [2.75, 3.05) is 11.5 Å². The third-order valence-electron chi connectivity index (χ3n) is 5.83. The molecule has 0 bridgehead atoms. The van der Waals surface area contributed by atoms with E-state index in [2.05, 4.69) is 0 Å². The highest BCUT2D eigenvalue weighted by Crippen LogP contribution is 2.44. The summed E-state index contributed by atoms with van der Waals surface area (Å²) in [5, 5.41) is 10.4. The first-order valence-electron chi connectivity index (χ1n) is 10.7. The van der Waals surface area contributed by atoms with E-state index in [0.717, 1.165) is 17.0 Å². The first-order valence-corrected chi connectivity index (χ1v) is 10.7. The van der Waals surface area contributed by atoms with Crippen LogP contribution >= 0.6 is 0 Å². The summed E-state index contributed by atoms with van der Waals surface area (Å²) < 4.78 is 51.6. The zero-order chi connectivity index (χ0) is 24.9. The number of aromatic hydroxyl groups is 1. The largest absolute Gasteiger partial charge is 0.504 e. The van der Waals surface area contributed by atoms with Crippen LogP contribution in [-0.2, 0) is 6.18 Å². The monoisotopic (exact) mass is 481 g/mol. The maximum absolute atomic E-state index is 13.5. The average Bonchev–Trinajstić information content (AvgIpc) is 3.13. The molecule has 0 radical (unpaired) electrons. The van der Waals surface area contributed by atoms with Gasteiger partial charge < -0.3 is 14.3 Å². The summed E-state index contributed by atoms with van der Waals surface area (Å²) in [6, 6.07) is 13.9. The Morgan fingerprint density at radius 3 is 2.54 bits per heavy atom. The minimum absolute atomic E-state index is 0.000694. The number of phenolic OH excluding ortho intramolecular Hbond substituents is 1. The molecule has 1 unspecified atom stereocenters. The van der Waals surface area contributed by atoms with Crippen molar-refractivity contribution in [2.45, 2.75) is 19.1 Å². The molecular formula is C26H18F3NO5. The van der Waals surface area contributed by atoms with Crippen molar-refractivity contribution in [3.8, 4) is 11.5 Å². The van der Waals surface area contributed by atoms with Crippen molar-refractivity contribution in [2.24, 2.45) is 0 Å². The Labute approximate surface area is 196 Å². The number of fused-ring (bicyclic) bond motifs is 2. The standard InChI is InChI=1S/C26H18F3NO5/c1-2-34-20-12-14(10-11-18(20)31)22-21-23(32)17-8-3-4-9-19(17)35-24(21)25(33)30(22)16-7-5-6-15(13-16)26(27,28)29/h3-13,22,31H,2H2,1H3. The van der Waals surface area contributed by atoms with Crippen molar-refractivity contribution in [3.05, 3.63) is 99.4 Å². The highest BCUT2D eigenvalue weighted by molar-refractivity contribution is 6.10. The number of carbonyl (C=O) groups excluding carboxylic acids is 1. The first-order chi connectivity index (χ1) is 16.7. The molecule has 1 aliphatic rings. The molecule has 6 nitrogen and oxygen atoms in total. The number of ether oxygens (including phenoxy) is 1. The van der Waals surface area contributed by atoms with E-state index in [-0.39, 0.29) is 46.1 Å². The molecule has 1 atom stereocenters. The van der Waals surface area contributed by atoms with Crippen LogP contribution in [0.25, 0.3) is 11.0 Å². The quantitative estimate of drug-likeness (QED) is 0.407. The zero-order valence-corrected chi connectivity index (χ0v) is 18.3. The SMILES string of the molecule is CCOc1cc(C2c3c(oc4ccccc4c3=O)C(=O)N2c2cccc(C(F)(F)F)c2)ccc1O. The molecule has 2 heterocycles. The van der Waals surface area contributed by atoms with Crippen LogP contribution in [0.4, 0.5) is 18.9 Å². The van der Waals surface area contributed by atoms with Crippen LogP contribution in [0.15, 0.2) is 75.9 Å². The van der Waals surface area contributed by atoms with E-state index in [1.54, 1.807) is 31.2 Å². The maximum atomic E-state index is 13.5. The summed E-state index contributed by atoms with van der Waals surface area (Å²) in [6.45, 7) is 1.96. The number of nitrogens with zero attached hydrogens (tertiary/aromatic N) is 1. The molecule has 178 valence electrons. The van der Waals surface area contributed by atoms with E-state index >= 15 is 0 Å². The number of hydrogen-bond donors (Lipinski definition) is 1. The van der Waals surface area contributed by atoms with E-state index in [1.807, 2.05) is 0 Å². The molecule has 1 aliphatic heterocycles. The molecule has 0 saturated carbocycles. The highest BCUT2D eigenvalue weighted by atomic mass is 19.4. The van der Waals surface area contributed by atoms with Gasteiger partial charge in [-0.2, -0.15) is 13.2 Å². The van der Waals surface area contributed by atoms with Crippen LogP contribution in [0.3, 0.4) is 0 Å². The van der Waals surface area contributed by atoms with Gasteiger partial charge >= 0.3 is 6.18 Å². The summed E-state index contributed by atoms with van der Waals surface area (Å²) in [6.07, 6.45) is -4.63. The number of hydrogen-bond acceptors (Lipinski definition) is 5. The number of carbonyl (C=O) groups is 1. The van der Waals surface area contributed by atoms with Gasteiger partial charge in [0.1, 0.15) is 5.58 Å². The lowest BCUT2D eigenvalue weighted by molar-refractivity contribution is -0.137. The summed E-state index contributed by atoms with van der Waals surface area (Å²) in [5.41, 5.74) is -0.924. The number of para-hydroxylation sites is 1. The molecule has 0 saturated heterocycles. The summed E-state index contributed by atoms with van der Waals surface area (Å²) >= 11 is 0. The fourth-order valence-electron chi connectivity index (χ4n) is 4.31. The smallest absolute Gasteiger partial charge is 0.416 e. The molecule has 3 aromatic carbocycles. The van der Waals surface area contributed by atoms with Gasteiger partial charge in [0.25, 0.3) is 5.91 Å². The molecule has 0 aliphatic carbocycles. The second-order valence-corrected chi connectivity index (χ2v) is 7.96. The molecule has 1 aromatic heterocycles. The van der Waals surface area contributed by atoms with Crippen LogP contribution in [0, 0.1) is 0 Å². The van der Waals surface area contributed by atoms with Gasteiger partial charge in [-0.3, -0.25) is 14.5 Å². The van der Waals surface area contributed by atoms with Crippen molar-refractivity contribution < 1.29 is 32.2 Å². The van der Waals surface area contributed by atoms with Crippen molar-refractivity contribution in [1.29, 1.82) is 0 Å². The molecule has 1 N–H and O–H groups in total. The van der Waals surface area contributed by atoms with Crippen molar-refractivity contribution >= 4 is 22.6 Å². The van der Waals surface area contributed by atoms with E-state index in [1.165, 1.54) is 30.3 Å². The van der Waals surface area contributed by atoms with Crippen LogP contribution in [0.5, 0.6) is 11.5 Å².